The van der Waals surface area contributed by atoms with Crippen molar-refractivity contribution in [2.45, 2.75) is 11.8 Å². The smallest absolute Gasteiger partial charge is 0.295 e. The van der Waals surface area contributed by atoms with Crippen LogP contribution in [0.1, 0.15) is 11.1 Å². The molecule has 1 aliphatic rings. The molecule has 0 fully saturated rings. The highest BCUT2D eigenvalue weighted by molar-refractivity contribution is 7.86. The number of nitrogens with one attached hydrogen (secondary N) is 1. The van der Waals surface area contributed by atoms with Crippen molar-refractivity contribution in [3.05, 3.63) is 65.7 Å². The minimum Gasteiger partial charge on any atom is -0.339 e. The van der Waals surface area contributed by atoms with Gasteiger partial charge in [0.25, 0.3) is 10.1 Å². The van der Waals surface area contributed by atoms with E-state index in [0.29, 0.717) is 22.3 Å². The van der Waals surface area contributed by atoms with Gasteiger partial charge in [-0.15, -0.1) is 0 Å². The minimum atomic E-state index is -4.29. The predicted octanol–water partition coefficient (Wildman–Crippen LogP) is 3.90. The van der Waals surface area contributed by atoms with Crippen molar-refractivity contribution in [1.29, 1.82) is 0 Å². The fourth-order valence-electron chi connectivity index (χ4n) is 2.99. The molecular formula is C18H14N2O3S. The van der Waals surface area contributed by atoms with E-state index in [4.69, 9.17) is 0 Å². The quantitative estimate of drug-likeness (QED) is 0.695. The third-order valence-corrected chi connectivity index (χ3v) is 4.95. The van der Waals surface area contributed by atoms with Crippen LogP contribution in [-0.2, 0) is 10.1 Å². The summed E-state index contributed by atoms with van der Waals surface area (Å²) in [6.07, 6.45) is 0. The normalized spacial score (nSPS) is 13.5. The third-order valence-electron chi connectivity index (χ3n) is 4.03. The molecule has 0 unspecified atom stereocenters. The molecule has 3 aromatic carbocycles. The monoisotopic (exact) mass is 338 g/mol. The van der Waals surface area contributed by atoms with Crippen LogP contribution in [0.5, 0.6) is 0 Å². The van der Waals surface area contributed by atoms with E-state index in [1.165, 1.54) is 6.07 Å². The zero-order chi connectivity index (χ0) is 16.9. The SMILES string of the molecule is Cc1cccc(C2=Nc3ccc(S(=O)(=O)O)c4cccc(c34)N2)c1. The maximum absolute atomic E-state index is 11.6. The number of hydrogen-bond acceptors (Lipinski definition) is 4. The van der Waals surface area contributed by atoms with E-state index in [-0.39, 0.29) is 4.90 Å². The maximum Gasteiger partial charge on any atom is 0.295 e. The zero-order valence-corrected chi connectivity index (χ0v) is 13.6. The number of benzene rings is 3. The van der Waals surface area contributed by atoms with E-state index >= 15 is 0 Å². The molecule has 1 aliphatic heterocycles. The molecule has 0 amide bonds. The van der Waals surface area contributed by atoms with Gasteiger partial charge in [-0.25, -0.2) is 4.99 Å². The van der Waals surface area contributed by atoms with Crippen molar-refractivity contribution >= 4 is 38.1 Å². The van der Waals surface area contributed by atoms with Crippen LogP contribution in [0.15, 0.2) is 64.5 Å². The zero-order valence-electron chi connectivity index (χ0n) is 12.8. The van der Waals surface area contributed by atoms with Gasteiger partial charge in [-0.2, -0.15) is 8.42 Å². The van der Waals surface area contributed by atoms with Crippen LogP contribution in [0.25, 0.3) is 10.8 Å². The lowest BCUT2D eigenvalue weighted by Crippen LogP contribution is -2.16. The van der Waals surface area contributed by atoms with Gasteiger partial charge in [-0.05, 0) is 31.2 Å². The molecular weight excluding hydrogens is 324 g/mol. The summed E-state index contributed by atoms with van der Waals surface area (Å²) in [6, 6.07) is 16.3. The Kier molecular flexibility index (Phi) is 3.19. The summed E-state index contributed by atoms with van der Waals surface area (Å²) in [7, 11) is -4.29. The fraction of sp³-hybridized carbons (Fsp3) is 0.0556. The first-order valence-corrected chi connectivity index (χ1v) is 8.83. The molecule has 0 radical (unpaired) electrons. The van der Waals surface area contributed by atoms with Gasteiger partial charge in [0.05, 0.1) is 5.69 Å². The van der Waals surface area contributed by atoms with E-state index in [1.54, 1.807) is 18.2 Å². The molecule has 0 aromatic heterocycles. The molecule has 5 nitrogen and oxygen atoms in total. The van der Waals surface area contributed by atoms with Crippen LogP contribution in [0.4, 0.5) is 11.4 Å². The average molecular weight is 338 g/mol. The summed E-state index contributed by atoms with van der Waals surface area (Å²) in [5, 5.41) is 4.39. The predicted molar refractivity (Wildman–Crippen MR) is 94.8 cm³/mol. The Bertz CT molecular complexity index is 1120. The minimum absolute atomic E-state index is 0.112. The lowest BCUT2D eigenvalue weighted by Gasteiger charge is -2.20. The fourth-order valence-corrected chi connectivity index (χ4v) is 3.68. The van der Waals surface area contributed by atoms with Gasteiger partial charge in [0, 0.05) is 22.0 Å². The molecule has 1 heterocycles. The maximum atomic E-state index is 11.6. The summed E-state index contributed by atoms with van der Waals surface area (Å²) in [6.45, 7) is 2.01. The van der Waals surface area contributed by atoms with Crippen molar-refractivity contribution in [3.8, 4) is 0 Å². The first-order valence-electron chi connectivity index (χ1n) is 7.39. The Morgan fingerprint density at radius 2 is 1.83 bits per heavy atom. The highest BCUT2D eigenvalue weighted by Gasteiger charge is 2.21. The molecule has 24 heavy (non-hydrogen) atoms. The molecule has 6 heteroatoms. The lowest BCUT2D eigenvalue weighted by atomic mass is 10.0. The van der Waals surface area contributed by atoms with Gasteiger partial charge in [-0.3, -0.25) is 4.55 Å². The van der Waals surface area contributed by atoms with E-state index in [2.05, 4.69) is 10.3 Å². The van der Waals surface area contributed by atoms with E-state index in [1.807, 2.05) is 37.3 Å². The van der Waals surface area contributed by atoms with Gasteiger partial charge in [-0.1, -0.05) is 35.9 Å². The second kappa shape index (κ2) is 5.15. The molecule has 0 saturated heterocycles. The number of anilines is 1. The lowest BCUT2D eigenvalue weighted by molar-refractivity contribution is 0.484. The van der Waals surface area contributed by atoms with Gasteiger partial charge in [0.2, 0.25) is 0 Å². The molecule has 0 bridgehead atoms. The number of rotatable bonds is 2. The highest BCUT2D eigenvalue weighted by atomic mass is 32.2. The summed E-state index contributed by atoms with van der Waals surface area (Å²) < 4.78 is 32.6. The van der Waals surface area contributed by atoms with Gasteiger partial charge in [0.15, 0.2) is 0 Å². The molecule has 0 aliphatic carbocycles. The standard InChI is InChI=1S/C18H14N2O3S/c1-11-4-2-5-12(10-11)18-19-14-7-3-6-13-16(24(21,22)23)9-8-15(20-18)17(13)14/h2-10H,1H3,(H,19,20)(H,21,22,23). The van der Waals surface area contributed by atoms with Crippen LogP contribution in [0.2, 0.25) is 0 Å². The van der Waals surface area contributed by atoms with E-state index < -0.39 is 10.1 Å². The second-order valence-electron chi connectivity index (χ2n) is 5.74. The van der Waals surface area contributed by atoms with Gasteiger partial charge < -0.3 is 5.32 Å². The molecule has 0 spiro atoms. The summed E-state index contributed by atoms with van der Waals surface area (Å²) in [4.78, 5) is 4.52. The van der Waals surface area contributed by atoms with E-state index in [0.717, 1.165) is 16.8 Å². The van der Waals surface area contributed by atoms with E-state index in [9.17, 15) is 13.0 Å². The molecule has 0 saturated carbocycles. The molecule has 120 valence electrons. The Labute approximate surface area is 139 Å². The Morgan fingerprint density at radius 1 is 1.04 bits per heavy atom. The third kappa shape index (κ3) is 2.36. The Hall–Kier alpha value is -2.70. The number of nitrogens with zero attached hydrogens (tertiary/aromatic N) is 1. The molecule has 0 atom stereocenters. The number of aryl methyl sites for hydroxylation is 1. The first kappa shape index (κ1) is 14.9. The summed E-state index contributed by atoms with van der Waals surface area (Å²) >= 11 is 0. The molecule has 3 aromatic rings. The topological polar surface area (TPSA) is 78.8 Å². The van der Waals surface area contributed by atoms with Crippen LogP contribution in [-0.4, -0.2) is 18.8 Å². The Morgan fingerprint density at radius 3 is 2.58 bits per heavy atom. The van der Waals surface area contributed by atoms with Crippen molar-refractivity contribution < 1.29 is 13.0 Å². The molecule has 2 N–H and O–H groups in total. The van der Waals surface area contributed by atoms with Gasteiger partial charge in [0.1, 0.15) is 10.7 Å². The number of amidine groups is 1. The molecule has 4 rings (SSSR count). The summed E-state index contributed by atoms with van der Waals surface area (Å²) in [5.41, 5.74) is 3.52. The number of aliphatic imine (C=N–C) groups is 1. The van der Waals surface area contributed by atoms with Crippen LogP contribution >= 0.6 is 0 Å². The first-order chi connectivity index (χ1) is 11.4. The Balaban J connectivity index is 1.98. The number of hydrogen-bond donors (Lipinski definition) is 2. The van der Waals surface area contributed by atoms with Crippen LogP contribution < -0.4 is 5.32 Å². The van der Waals surface area contributed by atoms with Crippen molar-refractivity contribution in [2.75, 3.05) is 5.32 Å². The largest absolute Gasteiger partial charge is 0.339 e. The van der Waals surface area contributed by atoms with Crippen molar-refractivity contribution in [2.24, 2.45) is 4.99 Å². The second-order valence-corrected chi connectivity index (χ2v) is 7.13. The van der Waals surface area contributed by atoms with Crippen LogP contribution in [0, 0.1) is 6.92 Å². The average Bonchev–Trinajstić information content (AvgIpc) is 2.54. The van der Waals surface area contributed by atoms with Crippen molar-refractivity contribution in [3.63, 3.8) is 0 Å². The summed E-state index contributed by atoms with van der Waals surface area (Å²) in [5.74, 6) is 0.707. The highest BCUT2D eigenvalue weighted by Crippen LogP contribution is 2.39. The van der Waals surface area contributed by atoms with Crippen LogP contribution in [0.3, 0.4) is 0 Å². The van der Waals surface area contributed by atoms with Crippen molar-refractivity contribution in [1.82, 2.24) is 0 Å². The van der Waals surface area contributed by atoms with Gasteiger partial charge >= 0.3 is 0 Å².